The maximum atomic E-state index is 14.4. The fourth-order valence-electron chi connectivity index (χ4n) is 7.00. The van der Waals surface area contributed by atoms with E-state index in [4.69, 9.17) is 9.47 Å². The minimum absolute atomic E-state index is 0.0602. The number of fused-ring (bicyclic) bond motifs is 3. The molecule has 0 N–H and O–H groups in total. The van der Waals surface area contributed by atoms with Crippen LogP contribution in [0.2, 0.25) is 0 Å². The number of nitrogens with zero attached hydrogens (tertiary/aromatic N) is 2. The Hall–Kier alpha value is -3.73. The lowest BCUT2D eigenvalue weighted by molar-refractivity contribution is -0.150. The molecule has 0 radical (unpaired) electrons. The molecule has 2 fully saturated rings. The summed E-state index contributed by atoms with van der Waals surface area (Å²) in [6.07, 6.45) is 3.56. The first-order chi connectivity index (χ1) is 22.1. The van der Waals surface area contributed by atoms with E-state index in [0.29, 0.717) is 23.6 Å². The first kappa shape index (κ1) is 32.2. The van der Waals surface area contributed by atoms with Gasteiger partial charge in [-0.2, -0.15) is 13.2 Å². The number of thiazole rings is 1. The zero-order valence-corrected chi connectivity index (χ0v) is 26.4. The van der Waals surface area contributed by atoms with Crippen LogP contribution in [0.5, 0.6) is 5.19 Å². The lowest BCUT2D eigenvalue weighted by Gasteiger charge is -2.29. The number of ketones is 1. The molecule has 0 spiro atoms. The van der Waals surface area contributed by atoms with Gasteiger partial charge in [0.1, 0.15) is 6.10 Å². The molecule has 6 rings (SSSR count). The summed E-state index contributed by atoms with van der Waals surface area (Å²) in [4.78, 5) is 47.5. The first-order valence-electron chi connectivity index (χ1n) is 15.8. The van der Waals surface area contributed by atoms with Gasteiger partial charge in [0.25, 0.3) is 5.19 Å². The van der Waals surface area contributed by atoms with Crippen molar-refractivity contribution >= 4 is 39.2 Å². The number of allylic oxidation sites excluding steroid dienone is 2. The summed E-state index contributed by atoms with van der Waals surface area (Å²) in [5.41, 5.74) is -0.506. The molecular formula is C35H37F3N2O5S. The minimum atomic E-state index is -4.50. The van der Waals surface area contributed by atoms with Crippen LogP contribution in [0.3, 0.4) is 0 Å². The molecule has 7 nitrogen and oxygen atoms in total. The van der Waals surface area contributed by atoms with Crippen LogP contribution < -0.4 is 4.74 Å². The van der Waals surface area contributed by atoms with Gasteiger partial charge in [0.15, 0.2) is 5.78 Å². The first-order valence-corrected chi connectivity index (χ1v) is 16.7. The molecule has 2 aromatic carbocycles. The standard InChI is InChI=1S/C35H37F3N2O5S/c1-44-32(43)34-19-25(34)12-6-4-2-3-5-11-23(16-22-10-9-13-24(17-22)35(36,37)38)31(42)40-21-26(18-28(40)29(41)20-34)45-33-39-27-14-7-8-15-30(27)46-33/h6-10,12-15,17,23,25-26,28H,2-5,11,16,18-21H2,1H3/b12-6-/t23-,25-,26-,28+,34-/m1/s1. The van der Waals surface area contributed by atoms with E-state index in [1.54, 1.807) is 11.0 Å². The van der Waals surface area contributed by atoms with Crippen LogP contribution in [0.15, 0.2) is 60.7 Å². The second kappa shape index (κ2) is 13.2. The highest BCUT2D eigenvalue weighted by molar-refractivity contribution is 7.20. The van der Waals surface area contributed by atoms with Crippen molar-refractivity contribution in [2.75, 3.05) is 13.7 Å². The quantitative estimate of drug-likeness (QED) is 0.214. The highest BCUT2D eigenvalue weighted by Gasteiger charge is 2.61. The largest absolute Gasteiger partial charge is 0.469 e. The van der Waals surface area contributed by atoms with E-state index in [1.165, 1.54) is 24.5 Å². The fraction of sp³-hybridized carbons (Fsp3) is 0.486. The average Bonchev–Trinajstić information content (AvgIpc) is 3.34. The molecule has 46 heavy (non-hydrogen) atoms. The molecule has 1 saturated heterocycles. The molecule has 1 aliphatic carbocycles. The SMILES string of the molecule is COC(=O)[C@]12CC(=O)[C@@H]3C[C@@H](Oc4nc5ccccc5s4)CN3C(=O)[C@@H](Cc3cccc(C(F)(F)F)c3)CCCCC/C=C\[C@@H]1C2. The summed E-state index contributed by atoms with van der Waals surface area (Å²) in [6.45, 7) is 0.138. The van der Waals surface area contributed by atoms with Crippen molar-refractivity contribution in [1.29, 1.82) is 0 Å². The number of benzene rings is 2. The minimum Gasteiger partial charge on any atom is -0.469 e. The van der Waals surface area contributed by atoms with Gasteiger partial charge in [0, 0.05) is 18.8 Å². The van der Waals surface area contributed by atoms with E-state index in [2.05, 4.69) is 11.1 Å². The van der Waals surface area contributed by atoms with E-state index >= 15 is 0 Å². The zero-order valence-electron chi connectivity index (χ0n) is 25.6. The molecule has 2 aliphatic heterocycles. The third-order valence-corrected chi connectivity index (χ3v) is 10.5. The van der Waals surface area contributed by atoms with Crippen molar-refractivity contribution in [1.82, 2.24) is 9.88 Å². The van der Waals surface area contributed by atoms with Crippen LogP contribution in [-0.2, 0) is 31.7 Å². The predicted molar refractivity (Wildman–Crippen MR) is 167 cm³/mol. The van der Waals surface area contributed by atoms with Gasteiger partial charge >= 0.3 is 12.1 Å². The van der Waals surface area contributed by atoms with Gasteiger partial charge in [-0.3, -0.25) is 14.4 Å². The molecule has 3 aliphatic rings. The van der Waals surface area contributed by atoms with E-state index in [1.807, 2.05) is 30.3 Å². The molecule has 1 amide bonds. The maximum absolute atomic E-state index is 14.4. The number of aromatic nitrogens is 1. The highest BCUT2D eigenvalue weighted by atomic mass is 32.1. The van der Waals surface area contributed by atoms with Gasteiger partial charge in [-0.1, -0.05) is 66.7 Å². The normalized spacial score (nSPS) is 28.1. The third-order valence-electron chi connectivity index (χ3n) is 9.55. The summed E-state index contributed by atoms with van der Waals surface area (Å²) in [6, 6.07) is 11.9. The van der Waals surface area contributed by atoms with Crippen LogP contribution >= 0.6 is 11.3 Å². The van der Waals surface area contributed by atoms with E-state index in [-0.39, 0.29) is 43.4 Å². The molecule has 244 valence electrons. The Morgan fingerprint density at radius 2 is 1.93 bits per heavy atom. The van der Waals surface area contributed by atoms with Gasteiger partial charge < -0.3 is 14.4 Å². The lowest BCUT2D eigenvalue weighted by atomic mass is 9.90. The number of hydrogen-bond acceptors (Lipinski definition) is 7. The molecule has 11 heteroatoms. The number of rotatable bonds is 5. The van der Waals surface area contributed by atoms with Crippen LogP contribution in [0.25, 0.3) is 10.2 Å². The van der Waals surface area contributed by atoms with Crippen LogP contribution in [-0.4, -0.2) is 53.3 Å². The van der Waals surface area contributed by atoms with Crippen LogP contribution in [0.1, 0.15) is 62.5 Å². The number of hydrogen-bond donors (Lipinski definition) is 0. The predicted octanol–water partition coefficient (Wildman–Crippen LogP) is 7.18. The van der Waals surface area contributed by atoms with Crippen molar-refractivity contribution in [3.05, 3.63) is 71.8 Å². The van der Waals surface area contributed by atoms with Crippen molar-refractivity contribution in [2.24, 2.45) is 17.3 Å². The summed E-state index contributed by atoms with van der Waals surface area (Å²) in [5, 5.41) is 0.438. The number of methoxy groups -OCH3 is 1. The third kappa shape index (κ3) is 6.84. The average molecular weight is 655 g/mol. The maximum Gasteiger partial charge on any atom is 0.416 e. The van der Waals surface area contributed by atoms with Gasteiger partial charge in [-0.25, -0.2) is 4.98 Å². The molecular weight excluding hydrogens is 617 g/mol. The molecule has 1 aromatic heterocycles. The Balaban J connectivity index is 1.30. The Morgan fingerprint density at radius 1 is 1.11 bits per heavy atom. The van der Waals surface area contributed by atoms with E-state index in [0.717, 1.165) is 48.0 Å². The number of amides is 1. The Morgan fingerprint density at radius 3 is 2.72 bits per heavy atom. The van der Waals surface area contributed by atoms with E-state index in [9.17, 15) is 27.6 Å². The topological polar surface area (TPSA) is 85.8 Å². The number of carbonyl (C=O) groups excluding carboxylic acids is 3. The number of ether oxygens (including phenoxy) is 2. The second-order valence-corrected chi connectivity index (χ2v) is 13.7. The number of para-hydroxylation sites is 1. The summed E-state index contributed by atoms with van der Waals surface area (Å²) in [7, 11) is 1.32. The van der Waals surface area contributed by atoms with Gasteiger partial charge in [-0.15, -0.1) is 0 Å². The molecule has 0 unspecified atom stereocenters. The number of carbonyl (C=O) groups is 3. The summed E-state index contributed by atoms with van der Waals surface area (Å²) >= 11 is 1.38. The molecule has 0 bridgehead atoms. The smallest absolute Gasteiger partial charge is 0.416 e. The fourth-order valence-corrected chi connectivity index (χ4v) is 7.88. The number of alkyl halides is 3. The van der Waals surface area contributed by atoms with Crippen molar-refractivity contribution in [2.45, 2.75) is 76.1 Å². The number of esters is 1. The molecule has 3 aromatic rings. The second-order valence-electron chi connectivity index (χ2n) is 12.7. The van der Waals surface area contributed by atoms with Gasteiger partial charge in [-0.05, 0) is 61.8 Å². The summed E-state index contributed by atoms with van der Waals surface area (Å²) in [5.74, 6) is -1.68. The number of Topliss-reactive ketones (excluding diaryl/α,β-unsaturated/α-hetero) is 1. The Kier molecular flexibility index (Phi) is 9.23. The lowest BCUT2D eigenvalue weighted by Crippen LogP contribution is -2.45. The molecule has 3 heterocycles. The van der Waals surface area contributed by atoms with E-state index < -0.39 is 41.2 Å². The Bertz CT molecular complexity index is 1600. The highest BCUT2D eigenvalue weighted by Crippen LogP contribution is 2.57. The number of halogens is 3. The van der Waals surface area contributed by atoms with Gasteiger partial charge in [0.05, 0.1) is 40.9 Å². The molecule has 1 saturated carbocycles. The van der Waals surface area contributed by atoms with Crippen LogP contribution in [0, 0.1) is 17.3 Å². The van der Waals surface area contributed by atoms with Crippen molar-refractivity contribution in [3.63, 3.8) is 0 Å². The molecule has 5 atom stereocenters. The zero-order chi connectivity index (χ0) is 32.5. The summed E-state index contributed by atoms with van der Waals surface area (Å²) < 4.78 is 52.9. The Labute approximate surface area is 269 Å². The van der Waals surface area contributed by atoms with Crippen molar-refractivity contribution in [3.8, 4) is 5.19 Å². The monoisotopic (exact) mass is 654 g/mol. The van der Waals surface area contributed by atoms with Crippen LogP contribution in [0.4, 0.5) is 13.2 Å². The van der Waals surface area contributed by atoms with Crippen molar-refractivity contribution < 1.29 is 37.0 Å². The van der Waals surface area contributed by atoms with Gasteiger partial charge in [0.2, 0.25) is 5.91 Å².